The van der Waals surface area contributed by atoms with Crippen molar-refractivity contribution in [2.45, 2.75) is 40.2 Å². The predicted molar refractivity (Wildman–Crippen MR) is 132 cm³/mol. The number of nitrogens with zero attached hydrogens (tertiary/aromatic N) is 3. The number of hydrogen-bond donors (Lipinski definition) is 2. The number of para-hydroxylation sites is 2. The van der Waals surface area contributed by atoms with Crippen LogP contribution in [0, 0.1) is 12.3 Å². The smallest absolute Gasteiger partial charge is 0.190 e. The summed E-state index contributed by atoms with van der Waals surface area (Å²) in [5.41, 5.74) is 2.06. The average molecular weight is 535 g/mol. The Morgan fingerprint density at radius 2 is 1.93 bits per heavy atom. The van der Waals surface area contributed by atoms with E-state index in [0.29, 0.717) is 13.0 Å². The van der Waals surface area contributed by atoms with E-state index < -0.39 is 9.84 Å². The fourth-order valence-corrected chi connectivity index (χ4v) is 3.94. The number of aromatic nitrogens is 2. The minimum absolute atomic E-state index is 0. The van der Waals surface area contributed by atoms with Crippen LogP contribution in [0.1, 0.15) is 32.5 Å². The molecule has 0 saturated heterocycles. The molecule has 0 atom stereocenters. The van der Waals surface area contributed by atoms with Crippen LogP contribution in [0.3, 0.4) is 0 Å². The molecule has 0 bridgehead atoms. The van der Waals surface area contributed by atoms with Gasteiger partial charge in [-0.1, -0.05) is 26.0 Å². The number of nitrogens with one attached hydrogen (secondary N) is 2. The molecule has 0 unspecified atom stereocenters. The van der Waals surface area contributed by atoms with Crippen molar-refractivity contribution in [3.05, 3.63) is 30.1 Å². The van der Waals surface area contributed by atoms with E-state index >= 15 is 0 Å². The van der Waals surface area contributed by atoms with Crippen molar-refractivity contribution in [2.75, 3.05) is 32.1 Å². The zero-order valence-electron chi connectivity index (χ0n) is 18.0. The third-order valence-electron chi connectivity index (χ3n) is 4.80. The quantitative estimate of drug-likeness (QED) is 0.223. The van der Waals surface area contributed by atoms with Crippen molar-refractivity contribution in [3.63, 3.8) is 0 Å². The van der Waals surface area contributed by atoms with Crippen molar-refractivity contribution in [2.24, 2.45) is 10.4 Å². The van der Waals surface area contributed by atoms with Crippen LogP contribution < -0.4 is 10.6 Å². The van der Waals surface area contributed by atoms with Gasteiger partial charge in [-0.2, -0.15) is 0 Å². The Labute approximate surface area is 191 Å². The number of imidazole rings is 1. The van der Waals surface area contributed by atoms with Crippen molar-refractivity contribution < 1.29 is 8.42 Å². The van der Waals surface area contributed by atoms with Crippen molar-refractivity contribution >= 4 is 50.8 Å². The van der Waals surface area contributed by atoms with E-state index in [1.165, 1.54) is 6.26 Å². The molecule has 1 heterocycles. The molecule has 2 rings (SSSR count). The maximum Gasteiger partial charge on any atom is 0.190 e. The van der Waals surface area contributed by atoms with Gasteiger partial charge in [-0.25, -0.2) is 13.4 Å². The van der Waals surface area contributed by atoms with E-state index in [1.54, 1.807) is 7.05 Å². The minimum Gasteiger partial charge on any atom is -0.356 e. The van der Waals surface area contributed by atoms with Gasteiger partial charge in [-0.3, -0.25) is 4.99 Å². The molecular formula is C20H34IN5O2S. The molecule has 164 valence electrons. The molecule has 0 aliphatic carbocycles. The summed E-state index contributed by atoms with van der Waals surface area (Å²) in [5.74, 6) is 1.96. The number of hydrogen-bond acceptors (Lipinski definition) is 4. The first-order valence-electron chi connectivity index (χ1n) is 9.65. The lowest BCUT2D eigenvalue weighted by Crippen LogP contribution is -2.42. The molecule has 0 fully saturated rings. The first-order chi connectivity index (χ1) is 13.1. The number of guanidine groups is 1. The number of benzene rings is 1. The molecule has 0 spiro atoms. The summed E-state index contributed by atoms with van der Waals surface area (Å²) < 4.78 is 25.0. The third kappa shape index (κ3) is 8.49. The van der Waals surface area contributed by atoms with Crippen LogP contribution in [0.25, 0.3) is 11.0 Å². The molecule has 9 heteroatoms. The standard InChI is InChI=1S/C20H33N5O2S.HI/c1-16-24-17-9-6-7-10-18(17)25(16)13-8-12-22-19(21-4)23-15-20(2,3)11-14-28(5,26)27;/h6-7,9-10H,8,11-15H2,1-5H3,(H2,21,22,23);1H. The Morgan fingerprint density at radius 3 is 2.59 bits per heavy atom. The SMILES string of the molecule is CN=C(NCCCn1c(C)nc2ccccc21)NCC(C)(C)CCS(C)(=O)=O.I. The molecule has 0 saturated carbocycles. The molecular weight excluding hydrogens is 501 g/mol. The summed E-state index contributed by atoms with van der Waals surface area (Å²) in [6, 6.07) is 8.18. The lowest BCUT2D eigenvalue weighted by Gasteiger charge is -2.25. The molecule has 0 amide bonds. The molecule has 1 aromatic carbocycles. The van der Waals surface area contributed by atoms with Gasteiger partial charge in [-0.05, 0) is 37.3 Å². The van der Waals surface area contributed by atoms with E-state index in [1.807, 2.05) is 25.1 Å². The van der Waals surface area contributed by atoms with Gasteiger partial charge in [0.1, 0.15) is 15.7 Å². The summed E-state index contributed by atoms with van der Waals surface area (Å²) in [6.45, 7) is 8.49. The van der Waals surface area contributed by atoms with Crippen LogP contribution in [0.5, 0.6) is 0 Å². The number of aryl methyl sites for hydroxylation is 2. The Kier molecular flexibility index (Phi) is 9.87. The second-order valence-corrected chi connectivity index (χ2v) is 10.3. The summed E-state index contributed by atoms with van der Waals surface area (Å²) in [6.07, 6.45) is 2.84. The predicted octanol–water partition coefficient (Wildman–Crippen LogP) is 2.98. The lowest BCUT2D eigenvalue weighted by atomic mass is 9.90. The monoisotopic (exact) mass is 535 g/mol. The summed E-state index contributed by atoms with van der Waals surface area (Å²) in [4.78, 5) is 8.86. The summed E-state index contributed by atoms with van der Waals surface area (Å²) >= 11 is 0. The van der Waals surface area contributed by atoms with Crippen LogP contribution in [0.4, 0.5) is 0 Å². The molecule has 7 nitrogen and oxygen atoms in total. The first-order valence-corrected chi connectivity index (χ1v) is 11.7. The minimum atomic E-state index is -2.94. The Morgan fingerprint density at radius 1 is 1.24 bits per heavy atom. The molecule has 29 heavy (non-hydrogen) atoms. The fraction of sp³-hybridized carbons (Fsp3) is 0.600. The molecule has 0 radical (unpaired) electrons. The second-order valence-electron chi connectivity index (χ2n) is 8.05. The first kappa shape index (κ1) is 25.7. The van der Waals surface area contributed by atoms with Gasteiger partial charge in [0.2, 0.25) is 0 Å². The van der Waals surface area contributed by atoms with Gasteiger partial charge in [0.05, 0.1) is 16.8 Å². The van der Waals surface area contributed by atoms with Crippen LogP contribution in [-0.4, -0.2) is 56.1 Å². The number of aliphatic imine (C=N–C) groups is 1. The number of sulfone groups is 1. The van der Waals surface area contributed by atoms with E-state index in [-0.39, 0.29) is 35.1 Å². The topological polar surface area (TPSA) is 88.4 Å². The molecule has 0 aliphatic rings. The average Bonchev–Trinajstić information content (AvgIpc) is 2.94. The van der Waals surface area contributed by atoms with Gasteiger partial charge >= 0.3 is 0 Å². The maximum atomic E-state index is 11.4. The van der Waals surface area contributed by atoms with Gasteiger partial charge < -0.3 is 15.2 Å². The van der Waals surface area contributed by atoms with Gasteiger partial charge in [-0.15, -0.1) is 24.0 Å². The van der Waals surface area contributed by atoms with Crippen molar-refractivity contribution in [3.8, 4) is 0 Å². The Balaban J connectivity index is 0.00000420. The number of rotatable bonds is 9. The van der Waals surface area contributed by atoms with Crippen LogP contribution >= 0.6 is 24.0 Å². The third-order valence-corrected chi connectivity index (χ3v) is 5.75. The normalized spacial score (nSPS) is 12.7. The molecule has 1 aromatic heterocycles. The highest BCUT2D eigenvalue weighted by atomic mass is 127. The Hall–Kier alpha value is -1.36. The largest absolute Gasteiger partial charge is 0.356 e. The maximum absolute atomic E-state index is 11.4. The van der Waals surface area contributed by atoms with Crippen molar-refractivity contribution in [1.29, 1.82) is 0 Å². The molecule has 2 aromatic rings. The number of halogens is 1. The van der Waals surface area contributed by atoms with Crippen LogP contribution in [0.2, 0.25) is 0 Å². The number of fused-ring (bicyclic) bond motifs is 1. The van der Waals surface area contributed by atoms with Crippen LogP contribution in [-0.2, 0) is 16.4 Å². The summed E-state index contributed by atoms with van der Waals surface area (Å²) in [7, 11) is -1.20. The second kappa shape index (κ2) is 11.1. The highest BCUT2D eigenvalue weighted by Gasteiger charge is 2.20. The van der Waals surface area contributed by atoms with Gasteiger partial charge in [0.25, 0.3) is 0 Å². The lowest BCUT2D eigenvalue weighted by molar-refractivity contribution is 0.348. The van der Waals surface area contributed by atoms with E-state index in [2.05, 4.69) is 45.1 Å². The van der Waals surface area contributed by atoms with Crippen LogP contribution in [0.15, 0.2) is 29.3 Å². The zero-order valence-corrected chi connectivity index (χ0v) is 21.2. The van der Waals surface area contributed by atoms with E-state index in [9.17, 15) is 8.42 Å². The van der Waals surface area contributed by atoms with Crippen molar-refractivity contribution in [1.82, 2.24) is 20.2 Å². The van der Waals surface area contributed by atoms with Gasteiger partial charge in [0, 0.05) is 32.9 Å². The highest BCUT2D eigenvalue weighted by Crippen LogP contribution is 2.19. The van der Waals surface area contributed by atoms with Gasteiger partial charge in [0.15, 0.2) is 5.96 Å². The zero-order chi connectivity index (χ0) is 20.8. The highest BCUT2D eigenvalue weighted by molar-refractivity contribution is 14.0. The van der Waals surface area contributed by atoms with E-state index in [4.69, 9.17) is 0 Å². The molecule has 0 aliphatic heterocycles. The fourth-order valence-electron chi connectivity index (χ4n) is 3.02. The van der Waals surface area contributed by atoms with E-state index in [0.717, 1.165) is 42.3 Å². The Bertz CT molecular complexity index is 922. The molecule has 2 N–H and O–H groups in total. The summed E-state index contributed by atoms with van der Waals surface area (Å²) in [5, 5.41) is 6.64.